The van der Waals surface area contributed by atoms with Crippen molar-refractivity contribution in [2.75, 3.05) is 18.8 Å². The molecule has 0 saturated carbocycles. The summed E-state index contributed by atoms with van der Waals surface area (Å²) in [5.74, 6) is -0.689. The lowest BCUT2D eigenvalue weighted by atomic mass is 10.1. The number of carbonyl (C=O) groups excluding carboxylic acids is 2. The first-order chi connectivity index (χ1) is 7.69. The minimum absolute atomic E-state index is 0. The molecule has 6 heteroatoms. The SMILES string of the molecule is CCON1C(=O)C(=O)c2cc(OC)ccc21.Cl. The number of carbonyl (C=O) groups is 2. The van der Waals surface area contributed by atoms with Crippen molar-refractivity contribution < 1.29 is 19.2 Å². The lowest BCUT2D eigenvalue weighted by Gasteiger charge is -2.14. The number of hydrogen-bond donors (Lipinski definition) is 0. The molecule has 0 spiro atoms. The van der Waals surface area contributed by atoms with Crippen LogP contribution >= 0.6 is 12.4 Å². The van der Waals surface area contributed by atoms with E-state index in [-0.39, 0.29) is 12.4 Å². The summed E-state index contributed by atoms with van der Waals surface area (Å²) in [6.45, 7) is 2.07. The zero-order chi connectivity index (χ0) is 11.7. The van der Waals surface area contributed by atoms with Crippen molar-refractivity contribution in [3.05, 3.63) is 23.8 Å². The fraction of sp³-hybridized carbons (Fsp3) is 0.273. The van der Waals surface area contributed by atoms with E-state index in [4.69, 9.17) is 9.57 Å². The normalized spacial score (nSPS) is 13.4. The van der Waals surface area contributed by atoms with Gasteiger partial charge in [0.25, 0.3) is 5.78 Å². The summed E-state index contributed by atoms with van der Waals surface area (Å²) in [5, 5.41) is 1.02. The van der Waals surface area contributed by atoms with Crippen LogP contribution in [0.1, 0.15) is 17.3 Å². The highest BCUT2D eigenvalue weighted by Crippen LogP contribution is 2.31. The molecule has 0 unspecified atom stereocenters. The highest BCUT2D eigenvalue weighted by atomic mass is 35.5. The summed E-state index contributed by atoms with van der Waals surface area (Å²) in [7, 11) is 1.50. The lowest BCUT2D eigenvalue weighted by Crippen LogP contribution is -2.29. The van der Waals surface area contributed by atoms with Gasteiger partial charge in [-0.3, -0.25) is 14.4 Å². The van der Waals surface area contributed by atoms with E-state index >= 15 is 0 Å². The van der Waals surface area contributed by atoms with Crippen molar-refractivity contribution in [1.29, 1.82) is 0 Å². The van der Waals surface area contributed by atoms with Crippen molar-refractivity contribution in [3.63, 3.8) is 0 Å². The van der Waals surface area contributed by atoms with Crippen LogP contribution < -0.4 is 9.80 Å². The monoisotopic (exact) mass is 257 g/mol. The van der Waals surface area contributed by atoms with Crippen LogP contribution in [-0.4, -0.2) is 25.4 Å². The molecule has 17 heavy (non-hydrogen) atoms. The third-order valence-corrected chi connectivity index (χ3v) is 2.30. The number of rotatable bonds is 3. The maximum atomic E-state index is 11.6. The lowest BCUT2D eigenvalue weighted by molar-refractivity contribution is -0.120. The second-order valence-electron chi connectivity index (χ2n) is 3.23. The molecule has 0 fully saturated rings. The minimum atomic E-state index is -0.662. The van der Waals surface area contributed by atoms with E-state index < -0.39 is 11.7 Å². The van der Waals surface area contributed by atoms with Crippen molar-refractivity contribution in [3.8, 4) is 5.75 Å². The topological polar surface area (TPSA) is 55.8 Å². The molecule has 1 aromatic rings. The van der Waals surface area contributed by atoms with E-state index in [1.807, 2.05) is 0 Å². The highest BCUT2D eigenvalue weighted by molar-refractivity contribution is 6.51. The summed E-state index contributed by atoms with van der Waals surface area (Å²) >= 11 is 0. The molecule has 0 saturated heterocycles. The first kappa shape index (κ1) is 13.5. The van der Waals surface area contributed by atoms with Gasteiger partial charge in [-0.2, -0.15) is 5.06 Å². The molecule has 0 radical (unpaired) electrons. The van der Waals surface area contributed by atoms with Crippen molar-refractivity contribution in [1.82, 2.24) is 0 Å². The van der Waals surface area contributed by atoms with Gasteiger partial charge in [0, 0.05) is 0 Å². The van der Waals surface area contributed by atoms with Crippen LogP contribution in [0.5, 0.6) is 5.75 Å². The summed E-state index contributed by atoms with van der Waals surface area (Å²) in [6, 6.07) is 4.85. The molecule has 92 valence electrons. The summed E-state index contributed by atoms with van der Waals surface area (Å²) in [5.41, 5.74) is 0.787. The minimum Gasteiger partial charge on any atom is -0.497 e. The summed E-state index contributed by atoms with van der Waals surface area (Å²) in [4.78, 5) is 28.3. The molecule has 2 rings (SSSR count). The molecule has 1 heterocycles. The Kier molecular flexibility index (Phi) is 4.09. The number of methoxy groups -OCH3 is 1. The van der Waals surface area contributed by atoms with Gasteiger partial charge >= 0.3 is 5.91 Å². The van der Waals surface area contributed by atoms with Crippen molar-refractivity contribution in [2.24, 2.45) is 0 Å². The van der Waals surface area contributed by atoms with Gasteiger partial charge in [-0.15, -0.1) is 12.4 Å². The largest absolute Gasteiger partial charge is 0.497 e. The predicted molar refractivity (Wildman–Crippen MR) is 63.7 cm³/mol. The van der Waals surface area contributed by atoms with E-state index in [1.54, 1.807) is 19.1 Å². The number of halogens is 1. The van der Waals surface area contributed by atoms with Gasteiger partial charge in [-0.05, 0) is 25.1 Å². The fourth-order valence-corrected chi connectivity index (χ4v) is 1.58. The Morgan fingerprint density at radius 1 is 1.29 bits per heavy atom. The number of Topliss-reactive ketones (excluding diaryl/α,β-unsaturated/α-hetero) is 1. The van der Waals surface area contributed by atoms with E-state index in [0.29, 0.717) is 23.6 Å². The molecule has 0 aliphatic carbocycles. The number of hydroxylamine groups is 1. The Labute approximate surface area is 105 Å². The van der Waals surface area contributed by atoms with Crippen LogP contribution in [0.25, 0.3) is 0 Å². The van der Waals surface area contributed by atoms with Crippen molar-refractivity contribution >= 4 is 29.8 Å². The molecule has 0 aromatic heterocycles. The second kappa shape index (κ2) is 5.16. The maximum absolute atomic E-state index is 11.6. The average Bonchev–Trinajstić information content (AvgIpc) is 2.54. The quantitative estimate of drug-likeness (QED) is 0.772. The highest BCUT2D eigenvalue weighted by Gasteiger charge is 2.37. The van der Waals surface area contributed by atoms with Gasteiger partial charge < -0.3 is 4.74 Å². The fourth-order valence-electron chi connectivity index (χ4n) is 1.58. The van der Waals surface area contributed by atoms with E-state index in [1.165, 1.54) is 13.2 Å². The van der Waals surface area contributed by atoms with Crippen LogP contribution in [0.3, 0.4) is 0 Å². The van der Waals surface area contributed by atoms with Gasteiger partial charge in [0.15, 0.2) is 0 Å². The molecule has 1 aromatic carbocycles. The third kappa shape index (κ3) is 2.11. The zero-order valence-electron chi connectivity index (χ0n) is 9.43. The Balaban J connectivity index is 0.00000144. The zero-order valence-corrected chi connectivity index (χ0v) is 10.2. The first-order valence-corrected chi connectivity index (χ1v) is 4.88. The van der Waals surface area contributed by atoms with Gasteiger partial charge in [-0.25, -0.2) is 0 Å². The number of ketones is 1. The van der Waals surface area contributed by atoms with Crippen LogP contribution in [0.2, 0.25) is 0 Å². The number of nitrogens with zero attached hydrogens (tertiary/aromatic N) is 1. The van der Waals surface area contributed by atoms with Crippen LogP contribution in [0, 0.1) is 0 Å². The number of hydrogen-bond acceptors (Lipinski definition) is 4. The Morgan fingerprint density at radius 2 is 2.00 bits per heavy atom. The Morgan fingerprint density at radius 3 is 2.59 bits per heavy atom. The maximum Gasteiger partial charge on any atom is 0.323 e. The molecule has 5 nitrogen and oxygen atoms in total. The number of benzene rings is 1. The molecular formula is C11H12ClNO4. The third-order valence-electron chi connectivity index (χ3n) is 2.30. The van der Waals surface area contributed by atoms with E-state index in [0.717, 1.165) is 5.06 Å². The van der Waals surface area contributed by atoms with Crippen LogP contribution in [0.15, 0.2) is 18.2 Å². The first-order valence-electron chi connectivity index (χ1n) is 4.88. The molecule has 0 bridgehead atoms. The van der Waals surface area contributed by atoms with E-state index in [2.05, 4.69) is 0 Å². The molecular weight excluding hydrogens is 246 g/mol. The van der Waals surface area contributed by atoms with Crippen molar-refractivity contribution in [2.45, 2.75) is 6.92 Å². The molecule has 1 aliphatic rings. The van der Waals surface area contributed by atoms with Gasteiger partial charge in [0.1, 0.15) is 5.75 Å². The number of amides is 1. The smallest absolute Gasteiger partial charge is 0.323 e. The molecule has 0 N–H and O–H groups in total. The average molecular weight is 258 g/mol. The van der Waals surface area contributed by atoms with Gasteiger partial charge in [0.05, 0.1) is 25.0 Å². The molecule has 1 amide bonds. The Bertz CT molecular complexity index is 461. The second-order valence-corrected chi connectivity index (χ2v) is 3.23. The number of anilines is 1. The number of fused-ring (bicyclic) bond motifs is 1. The van der Waals surface area contributed by atoms with Gasteiger partial charge in [-0.1, -0.05) is 0 Å². The predicted octanol–water partition coefficient (Wildman–Crippen LogP) is 1.60. The van der Waals surface area contributed by atoms with Crippen LogP contribution in [-0.2, 0) is 9.63 Å². The van der Waals surface area contributed by atoms with Crippen LogP contribution in [0.4, 0.5) is 5.69 Å². The summed E-state index contributed by atoms with van der Waals surface area (Å²) < 4.78 is 5.00. The molecule has 1 aliphatic heterocycles. The van der Waals surface area contributed by atoms with Gasteiger partial charge in [0.2, 0.25) is 0 Å². The standard InChI is InChI=1S/C11H11NO4.ClH/c1-3-16-12-9-5-4-7(15-2)6-8(9)10(13)11(12)14;/h4-6H,3H2,1-2H3;1H. The Hall–Kier alpha value is -1.59. The number of ether oxygens (including phenoxy) is 1. The summed E-state index contributed by atoms with van der Waals surface area (Å²) in [6.07, 6.45) is 0. The molecule has 0 atom stereocenters. The van der Waals surface area contributed by atoms with E-state index in [9.17, 15) is 9.59 Å².